The fourth-order valence-corrected chi connectivity index (χ4v) is 3.84. The molecule has 1 heterocycles. The molecule has 0 saturated carbocycles. The van der Waals surface area contributed by atoms with Gasteiger partial charge in [0, 0.05) is 51.6 Å². The van der Waals surface area contributed by atoms with Crippen LogP contribution >= 0.6 is 0 Å². The predicted molar refractivity (Wildman–Crippen MR) is 114 cm³/mol. The molecule has 0 atom stereocenters. The third-order valence-corrected chi connectivity index (χ3v) is 5.41. The Balaban J connectivity index is 1.62. The van der Waals surface area contributed by atoms with E-state index in [1.165, 1.54) is 12.1 Å². The van der Waals surface area contributed by atoms with E-state index in [1.807, 2.05) is 17.0 Å². The molecule has 1 saturated heterocycles. The Kier molecular flexibility index (Phi) is 10.1. The van der Waals surface area contributed by atoms with Crippen molar-refractivity contribution >= 4 is 11.8 Å². The summed E-state index contributed by atoms with van der Waals surface area (Å²) < 4.78 is 13.0. The van der Waals surface area contributed by atoms with E-state index in [1.54, 1.807) is 0 Å². The van der Waals surface area contributed by atoms with Crippen LogP contribution in [0.1, 0.15) is 64.4 Å². The maximum absolute atomic E-state index is 13.0. The topological polar surface area (TPSA) is 52.7 Å². The Morgan fingerprint density at radius 1 is 1.07 bits per heavy atom. The summed E-state index contributed by atoms with van der Waals surface area (Å²) >= 11 is 0. The highest BCUT2D eigenvalue weighted by Gasteiger charge is 2.21. The molecule has 0 aromatic heterocycles. The molecule has 1 fully saturated rings. The standard InChI is InChI=1S/C23H36FN3O2/c1-3-14-27(15-4-2)23(29)7-5-6-22(28)25-21-12-16-26(17-13-21)18-19-8-10-20(24)11-9-19/h8-11,21H,3-7,12-18H2,1-2H3,(H,25,28). The smallest absolute Gasteiger partial charge is 0.222 e. The lowest BCUT2D eigenvalue weighted by Gasteiger charge is -2.32. The van der Waals surface area contributed by atoms with Crippen molar-refractivity contribution in [2.75, 3.05) is 26.2 Å². The van der Waals surface area contributed by atoms with E-state index in [2.05, 4.69) is 24.1 Å². The largest absolute Gasteiger partial charge is 0.353 e. The number of benzene rings is 1. The van der Waals surface area contributed by atoms with Gasteiger partial charge in [0.25, 0.3) is 0 Å². The predicted octanol–water partition coefficient (Wildman–Crippen LogP) is 3.73. The van der Waals surface area contributed by atoms with Gasteiger partial charge in [0.1, 0.15) is 5.82 Å². The molecule has 0 unspecified atom stereocenters. The summed E-state index contributed by atoms with van der Waals surface area (Å²) in [5.74, 6) is 0.00299. The molecule has 2 amide bonds. The first kappa shape index (κ1) is 23.3. The third kappa shape index (κ3) is 8.52. The van der Waals surface area contributed by atoms with Gasteiger partial charge in [0.05, 0.1) is 0 Å². The molecule has 1 aliphatic heterocycles. The van der Waals surface area contributed by atoms with E-state index in [-0.39, 0.29) is 23.7 Å². The van der Waals surface area contributed by atoms with Crippen molar-refractivity contribution in [3.8, 4) is 0 Å². The van der Waals surface area contributed by atoms with E-state index < -0.39 is 0 Å². The fraction of sp³-hybridized carbons (Fsp3) is 0.652. The van der Waals surface area contributed by atoms with E-state index in [0.717, 1.165) is 64.0 Å². The number of amides is 2. The highest BCUT2D eigenvalue weighted by atomic mass is 19.1. The second-order valence-corrected chi connectivity index (χ2v) is 7.98. The first-order valence-electron chi connectivity index (χ1n) is 11.1. The first-order chi connectivity index (χ1) is 14.0. The molecule has 5 nitrogen and oxygen atoms in total. The zero-order valence-electron chi connectivity index (χ0n) is 18.0. The first-order valence-corrected chi connectivity index (χ1v) is 11.1. The monoisotopic (exact) mass is 405 g/mol. The normalized spacial score (nSPS) is 15.3. The van der Waals surface area contributed by atoms with Gasteiger partial charge in [-0.05, 0) is 49.8 Å². The van der Waals surface area contributed by atoms with E-state index in [0.29, 0.717) is 19.3 Å². The van der Waals surface area contributed by atoms with Crippen LogP contribution in [0.4, 0.5) is 4.39 Å². The third-order valence-electron chi connectivity index (χ3n) is 5.41. The summed E-state index contributed by atoms with van der Waals surface area (Å²) in [5, 5.41) is 3.12. The van der Waals surface area contributed by atoms with Gasteiger partial charge < -0.3 is 10.2 Å². The Bertz CT molecular complexity index is 622. The van der Waals surface area contributed by atoms with E-state index in [4.69, 9.17) is 0 Å². The van der Waals surface area contributed by atoms with Crippen LogP contribution in [-0.4, -0.2) is 53.8 Å². The number of likely N-dealkylation sites (tertiary alicyclic amines) is 1. The fourth-order valence-electron chi connectivity index (χ4n) is 3.84. The Labute approximate surface area is 174 Å². The summed E-state index contributed by atoms with van der Waals surface area (Å²) in [6.07, 6.45) is 5.24. The minimum Gasteiger partial charge on any atom is -0.353 e. The lowest BCUT2D eigenvalue weighted by molar-refractivity contribution is -0.131. The van der Waals surface area contributed by atoms with Gasteiger partial charge >= 0.3 is 0 Å². The lowest BCUT2D eigenvalue weighted by Crippen LogP contribution is -2.44. The molecule has 0 bridgehead atoms. The summed E-state index contributed by atoms with van der Waals surface area (Å²) in [5.41, 5.74) is 1.11. The molecule has 1 N–H and O–H groups in total. The van der Waals surface area contributed by atoms with Crippen molar-refractivity contribution in [2.24, 2.45) is 0 Å². The summed E-state index contributed by atoms with van der Waals surface area (Å²) in [6.45, 7) is 8.41. The second kappa shape index (κ2) is 12.6. The SMILES string of the molecule is CCCN(CCC)C(=O)CCCC(=O)NC1CCN(Cc2ccc(F)cc2)CC1. The molecule has 29 heavy (non-hydrogen) atoms. The van der Waals surface area contributed by atoms with Crippen LogP contribution in [0.15, 0.2) is 24.3 Å². The molecule has 6 heteroatoms. The van der Waals surface area contributed by atoms with Gasteiger partial charge in [-0.1, -0.05) is 26.0 Å². The highest BCUT2D eigenvalue weighted by molar-refractivity contribution is 5.79. The van der Waals surface area contributed by atoms with Crippen LogP contribution in [0, 0.1) is 5.82 Å². The quantitative estimate of drug-likeness (QED) is 0.610. The number of carbonyl (C=O) groups is 2. The van der Waals surface area contributed by atoms with Gasteiger partial charge in [-0.15, -0.1) is 0 Å². The molecule has 0 aliphatic carbocycles. The number of carbonyl (C=O) groups excluding carboxylic acids is 2. The molecule has 1 aliphatic rings. The van der Waals surface area contributed by atoms with Gasteiger partial charge in [-0.3, -0.25) is 14.5 Å². The van der Waals surface area contributed by atoms with Gasteiger partial charge in [0.15, 0.2) is 0 Å². The molecular formula is C23H36FN3O2. The average molecular weight is 406 g/mol. The van der Waals surface area contributed by atoms with Crippen molar-refractivity contribution < 1.29 is 14.0 Å². The molecule has 162 valence electrons. The number of rotatable bonds is 11. The number of hydrogen-bond acceptors (Lipinski definition) is 3. The number of piperidine rings is 1. The molecular weight excluding hydrogens is 369 g/mol. The van der Waals surface area contributed by atoms with Gasteiger partial charge in [-0.2, -0.15) is 0 Å². The highest BCUT2D eigenvalue weighted by Crippen LogP contribution is 2.15. The average Bonchev–Trinajstić information content (AvgIpc) is 2.71. The van der Waals surface area contributed by atoms with Crippen molar-refractivity contribution in [3.05, 3.63) is 35.6 Å². The van der Waals surface area contributed by atoms with Crippen LogP contribution < -0.4 is 5.32 Å². The summed E-state index contributed by atoms with van der Waals surface area (Å²) in [4.78, 5) is 28.8. The molecule has 1 aromatic rings. The Morgan fingerprint density at radius 2 is 1.69 bits per heavy atom. The zero-order chi connectivity index (χ0) is 21.1. The van der Waals surface area contributed by atoms with Crippen molar-refractivity contribution in [1.29, 1.82) is 0 Å². The maximum Gasteiger partial charge on any atom is 0.222 e. The minimum absolute atomic E-state index is 0.0484. The lowest BCUT2D eigenvalue weighted by atomic mass is 10.0. The molecule has 2 rings (SSSR count). The minimum atomic E-state index is -0.208. The van der Waals surface area contributed by atoms with Gasteiger partial charge in [-0.25, -0.2) is 4.39 Å². The zero-order valence-corrected chi connectivity index (χ0v) is 18.0. The number of nitrogens with one attached hydrogen (secondary N) is 1. The van der Waals surface area contributed by atoms with Crippen LogP contribution in [0.25, 0.3) is 0 Å². The second-order valence-electron chi connectivity index (χ2n) is 7.98. The van der Waals surface area contributed by atoms with Crippen LogP contribution in [0.3, 0.4) is 0 Å². The van der Waals surface area contributed by atoms with Crippen molar-refractivity contribution in [2.45, 2.75) is 71.4 Å². The maximum atomic E-state index is 13.0. The van der Waals surface area contributed by atoms with E-state index in [9.17, 15) is 14.0 Å². The van der Waals surface area contributed by atoms with Crippen LogP contribution in [0.5, 0.6) is 0 Å². The number of hydrogen-bond donors (Lipinski definition) is 1. The van der Waals surface area contributed by atoms with Crippen LogP contribution in [0.2, 0.25) is 0 Å². The summed E-state index contributed by atoms with van der Waals surface area (Å²) in [6, 6.07) is 6.85. The van der Waals surface area contributed by atoms with Gasteiger partial charge in [0.2, 0.25) is 11.8 Å². The molecule has 0 radical (unpaired) electrons. The Morgan fingerprint density at radius 3 is 2.28 bits per heavy atom. The summed E-state index contributed by atoms with van der Waals surface area (Å²) in [7, 11) is 0. The number of nitrogens with zero attached hydrogens (tertiary/aromatic N) is 2. The molecule has 0 spiro atoms. The molecule has 1 aromatic carbocycles. The van der Waals surface area contributed by atoms with Crippen molar-refractivity contribution in [3.63, 3.8) is 0 Å². The van der Waals surface area contributed by atoms with Crippen LogP contribution in [-0.2, 0) is 16.1 Å². The van der Waals surface area contributed by atoms with E-state index >= 15 is 0 Å². The Hall–Kier alpha value is -1.95. The van der Waals surface area contributed by atoms with Crippen molar-refractivity contribution in [1.82, 2.24) is 15.1 Å². The number of halogens is 1.